The molecule has 3 aromatic rings. The van der Waals surface area contributed by atoms with Gasteiger partial charge in [-0.1, -0.05) is 86.6 Å². The second-order valence-electron chi connectivity index (χ2n) is 11.1. The fraction of sp³-hybridized carbons (Fsp3) is 0.312. The fourth-order valence-electron chi connectivity index (χ4n) is 5.96. The van der Waals surface area contributed by atoms with Crippen molar-refractivity contribution in [2.45, 2.75) is 55.1 Å². The Balaban J connectivity index is 1.29. The van der Waals surface area contributed by atoms with Crippen molar-refractivity contribution in [3.05, 3.63) is 107 Å². The van der Waals surface area contributed by atoms with Gasteiger partial charge < -0.3 is 9.64 Å². The molecule has 2 unspecified atom stereocenters. The largest absolute Gasteiger partial charge is 0.451 e. The molecular formula is C32H29ClN2O5S. The molecular weight excluding hydrogens is 560 g/mol. The van der Waals surface area contributed by atoms with Gasteiger partial charge in [-0.3, -0.25) is 19.3 Å². The average Bonchev–Trinajstić information content (AvgIpc) is 3.21. The third kappa shape index (κ3) is 4.44. The monoisotopic (exact) mass is 588 g/mol. The summed E-state index contributed by atoms with van der Waals surface area (Å²) in [6.07, 6.45) is -0.705. The summed E-state index contributed by atoms with van der Waals surface area (Å²) in [4.78, 5) is 56.1. The van der Waals surface area contributed by atoms with Crippen LogP contribution >= 0.6 is 23.4 Å². The van der Waals surface area contributed by atoms with Crippen molar-refractivity contribution in [1.29, 1.82) is 0 Å². The molecule has 7 nitrogen and oxygen atoms in total. The fourth-order valence-corrected chi connectivity index (χ4v) is 7.80. The predicted octanol–water partition coefficient (Wildman–Crippen LogP) is 5.39. The summed E-state index contributed by atoms with van der Waals surface area (Å²) in [5.74, 6) is -1.75. The summed E-state index contributed by atoms with van der Waals surface area (Å²) in [6, 6.07) is 21.9. The molecule has 0 aromatic heterocycles. The topological polar surface area (TPSA) is 84.0 Å². The molecule has 6 rings (SSSR count). The van der Waals surface area contributed by atoms with Gasteiger partial charge in [0.2, 0.25) is 0 Å². The predicted molar refractivity (Wildman–Crippen MR) is 157 cm³/mol. The number of amides is 3. The van der Waals surface area contributed by atoms with Crippen molar-refractivity contribution >= 4 is 47.1 Å². The molecule has 210 valence electrons. The van der Waals surface area contributed by atoms with Crippen LogP contribution in [-0.4, -0.2) is 61.6 Å². The number of nitrogens with zero attached hydrogens (tertiary/aromatic N) is 2. The zero-order valence-corrected chi connectivity index (χ0v) is 24.4. The molecule has 3 heterocycles. The lowest BCUT2D eigenvalue weighted by Gasteiger charge is -2.57. The maximum Gasteiger partial charge on any atom is 0.331 e. The minimum absolute atomic E-state index is 0.0255. The number of thioether (sulfide) groups is 1. The summed E-state index contributed by atoms with van der Waals surface area (Å²) in [5.41, 5.74) is 2.99. The minimum Gasteiger partial charge on any atom is -0.451 e. The van der Waals surface area contributed by atoms with Gasteiger partial charge in [0, 0.05) is 5.75 Å². The lowest BCUT2D eigenvalue weighted by atomic mass is 9.92. The van der Waals surface area contributed by atoms with Crippen LogP contribution in [0.15, 0.2) is 78.9 Å². The minimum atomic E-state index is -1.12. The number of halogens is 1. The quantitative estimate of drug-likeness (QED) is 0.166. The lowest BCUT2D eigenvalue weighted by molar-refractivity contribution is -0.171. The Morgan fingerprint density at radius 3 is 2.12 bits per heavy atom. The third-order valence-corrected chi connectivity index (χ3v) is 10.1. The Morgan fingerprint density at radius 1 is 0.927 bits per heavy atom. The normalized spacial score (nSPS) is 25.3. The van der Waals surface area contributed by atoms with Crippen LogP contribution in [0.1, 0.15) is 70.2 Å². The smallest absolute Gasteiger partial charge is 0.331 e. The zero-order valence-electron chi connectivity index (χ0n) is 22.8. The van der Waals surface area contributed by atoms with Gasteiger partial charge in [0.15, 0.2) is 12.1 Å². The van der Waals surface area contributed by atoms with E-state index in [1.807, 2.05) is 80.6 Å². The van der Waals surface area contributed by atoms with Crippen molar-refractivity contribution in [2.75, 3.05) is 5.75 Å². The number of hydrogen-bond acceptors (Lipinski definition) is 6. The Labute approximate surface area is 247 Å². The first-order valence-electron chi connectivity index (χ1n) is 13.6. The molecule has 41 heavy (non-hydrogen) atoms. The van der Waals surface area contributed by atoms with E-state index in [9.17, 15) is 19.2 Å². The van der Waals surface area contributed by atoms with Gasteiger partial charge in [0.05, 0.1) is 16.0 Å². The summed E-state index contributed by atoms with van der Waals surface area (Å²) in [7, 11) is 0. The number of carbonyl (C=O) groups is 4. The number of hydrogen-bond donors (Lipinski definition) is 0. The van der Waals surface area contributed by atoms with Gasteiger partial charge in [0.25, 0.3) is 17.7 Å². The van der Waals surface area contributed by atoms with Crippen molar-refractivity contribution in [1.82, 2.24) is 9.80 Å². The molecule has 0 N–H and O–H groups in total. The molecule has 0 bridgehead atoms. The van der Waals surface area contributed by atoms with Crippen LogP contribution in [0.4, 0.5) is 0 Å². The van der Waals surface area contributed by atoms with E-state index in [1.54, 1.807) is 19.1 Å². The number of rotatable bonds is 6. The van der Waals surface area contributed by atoms with Gasteiger partial charge in [-0.15, -0.1) is 23.4 Å². The zero-order chi connectivity index (χ0) is 29.1. The summed E-state index contributed by atoms with van der Waals surface area (Å²) < 4.78 is 6.12. The van der Waals surface area contributed by atoms with Crippen molar-refractivity contribution in [2.24, 2.45) is 0 Å². The summed E-state index contributed by atoms with van der Waals surface area (Å²) in [5, 5.41) is -0.608. The molecule has 0 aliphatic carbocycles. The third-order valence-electron chi connectivity index (χ3n) is 7.98. The number of carbonyl (C=O) groups excluding carboxylic acids is 4. The highest BCUT2D eigenvalue weighted by Gasteiger charge is 2.65. The van der Waals surface area contributed by atoms with E-state index in [0.29, 0.717) is 16.9 Å². The first kappa shape index (κ1) is 27.5. The van der Waals surface area contributed by atoms with Crippen LogP contribution in [0.25, 0.3) is 0 Å². The molecule has 0 saturated carbocycles. The van der Waals surface area contributed by atoms with Crippen LogP contribution in [-0.2, 0) is 14.3 Å². The molecule has 0 spiro atoms. The van der Waals surface area contributed by atoms with Crippen LogP contribution in [0.2, 0.25) is 0 Å². The number of esters is 1. The van der Waals surface area contributed by atoms with Crippen molar-refractivity contribution in [3.8, 4) is 0 Å². The highest BCUT2D eigenvalue weighted by molar-refractivity contribution is 8.00. The number of imide groups is 1. The molecule has 3 amide bonds. The molecule has 3 aromatic carbocycles. The standard InChI is InChI=1S/C32H29ClN2O5S/c1-18(2)21-15-10-16-22-23(21)28(37)34(27(22)36)24-29(38)35-26(32(3,33)17-41-30(24)35)31(39)40-25(19-11-6-4-7-12-19)20-13-8-5-9-14-20/h4-16,18,24-26,30H,17H2,1-3H3/t24?,26?,30-,32-/m1/s1. The van der Waals surface area contributed by atoms with Gasteiger partial charge >= 0.3 is 5.97 Å². The van der Waals surface area contributed by atoms with Crippen molar-refractivity contribution in [3.63, 3.8) is 0 Å². The average molecular weight is 589 g/mol. The van der Waals surface area contributed by atoms with Crippen molar-refractivity contribution < 1.29 is 23.9 Å². The van der Waals surface area contributed by atoms with Crippen LogP contribution in [0.3, 0.4) is 0 Å². The second kappa shape index (κ2) is 10.3. The number of fused-ring (bicyclic) bond motifs is 2. The van der Waals surface area contributed by atoms with E-state index in [0.717, 1.165) is 21.6 Å². The van der Waals surface area contributed by atoms with Gasteiger partial charge in [-0.2, -0.15) is 0 Å². The molecule has 2 fully saturated rings. The van der Waals surface area contributed by atoms with E-state index in [2.05, 4.69) is 0 Å². The number of ether oxygens (including phenoxy) is 1. The first-order valence-corrected chi connectivity index (χ1v) is 15.0. The van der Waals surface area contributed by atoms with E-state index in [1.165, 1.54) is 16.7 Å². The van der Waals surface area contributed by atoms with Gasteiger partial charge in [0.1, 0.15) is 11.4 Å². The Kier molecular flexibility index (Phi) is 6.94. The Hall–Kier alpha value is -3.62. The molecule has 2 saturated heterocycles. The lowest BCUT2D eigenvalue weighted by Crippen LogP contribution is -2.78. The van der Waals surface area contributed by atoms with Crippen LogP contribution in [0, 0.1) is 0 Å². The van der Waals surface area contributed by atoms with Crippen LogP contribution < -0.4 is 0 Å². The molecule has 3 aliphatic rings. The Morgan fingerprint density at radius 2 is 1.54 bits per heavy atom. The van der Waals surface area contributed by atoms with Crippen LogP contribution in [0.5, 0.6) is 0 Å². The SMILES string of the molecule is CC(C)c1cccc2c1C(=O)N(C1C(=O)N3C(C(=O)OC(c4ccccc4)c4ccccc4)[C@](C)(Cl)CS[C@H]13)C2=O. The van der Waals surface area contributed by atoms with E-state index < -0.39 is 52.1 Å². The number of alkyl halides is 1. The molecule has 9 heteroatoms. The first-order chi connectivity index (χ1) is 19.6. The van der Waals surface area contributed by atoms with E-state index in [4.69, 9.17) is 16.3 Å². The maximum atomic E-state index is 13.9. The number of β-lactam (4-membered cyclic amide) rings is 1. The molecule has 0 radical (unpaired) electrons. The van der Waals surface area contributed by atoms with Gasteiger partial charge in [-0.05, 0) is 35.6 Å². The molecule has 3 aliphatic heterocycles. The number of benzene rings is 3. The maximum absolute atomic E-state index is 13.9. The van der Waals surface area contributed by atoms with E-state index >= 15 is 0 Å². The Bertz CT molecular complexity index is 1500. The second-order valence-corrected chi connectivity index (χ2v) is 13.1. The molecule has 4 atom stereocenters. The summed E-state index contributed by atoms with van der Waals surface area (Å²) in [6.45, 7) is 5.62. The van der Waals surface area contributed by atoms with E-state index in [-0.39, 0.29) is 5.92 Å². The highest BCUT2D eigenvalue weighted by Crippen LogP contribution is 2.48. The highest BCUT2D eigenvalue weighted by atomic mass is 35.5. The summed E-state index contributed by atoms with van der Waals surface area (Å²) >= 11 is 8.26. The van der Waals surface area contributed by atoms with Gasteiger partial charge in [-0.25, -0.2) is 4.79 Å².